The molecular weight excluding hydrogens is 346 g/mol. The standard InChI is InChI=1S/C19H21N5O3/c1-19-11-13(12-5-2-3-6-14(12)27-19)15(16(20)25)17(26)24(19)10-9-23-18-21-7-4-8-22-18/h2-8,13,15H,9-11H2,1H3,(H2,20,25)(H,21,22,23)/t13-,15-,19-/m0/s1. The molecule has 8 nitrogen and oxygen atoms in total. The van der Waals surface area contributed by atoms with E-state index in [0.717, 1.165) is 5.56 Å². The fourth-order valence-electron chi connectivity index (χ4n) is 4.05. The first-order valence-corrected chi connectivity index (χ1v) is 8.89. The van der Waals surface area contributed by atoms with E-state index in [-0.39, 0.29) is 11.8 Å². The summed E-state index contributed by atoms with van der Waals surface area (Å²) >= 11 is 0. The normalized spacial score (nSPS) is 26.1. The molecule has 8 heteroatoms. The minimum Gasteiger partial charge on any atom is -0.468 e. The number of piperidine rings is 1. The predicted octanol–water partition coefficient (Wildman–Crippen LogP) is 1.11. The zero-order chi connectivity index (χ0) is 19.0. The number of likely N-dealkylation sites (tertiary alicyclic amines) is 1. The van der Waals surface area contributed by atoms with E-state index in [1.165, 1.54) is 0 Å². The summed E-state index contributed by atoms with van der Waals surface area (Å²) in [5.74, 6) is -0.895. The average Bonchev–Trinajstić information content (AvgIpc) is 2.65. The zero-order valence-corrected chi connectivity index (χ0v) is 15.0. The lowest BCUT2D eigenvalue weighted by molar-refractivity contribution is -0.174. The number of carbonyl (C=O) groups is 2. The maximum Gasteiger partial charge on any atom is 0.238 e. The monoisotopic (exact) mass is 367 g/mol. The fourth-order valence-corrected chi connectivity index (χ4v) is 4.05. The van der Waals surface area contributed by atoms with Crippen molar-refractivity contribution >= 4 is 17.8 Å². The molecule has 3 heterocycles. The van der Waals surface area contributed by atoms with Crippen molar-refractivity contribution in [3.63, 3.8) is 0 Å². The highest BCUT2D eigenvalue weighted by Crippen LogP contribution is 2.49. The van der Waals surface area contributed by atoms with Crippen molar-refractivity contribution in [2.75, 3.05) is 18.4 Å². The van der Waals surface area contributed by atoms with Crippen LogP contribution >= 0.6 is 0 Å². The lowest BCUT2D eigenvalue weighted by Crippen LogP contribution is -2.65. The van der Waals surface area contributed by atoms with Crippen molar-refractivity contribution in [1.29, 1.82) is 0 Å². The van der Waals surface area contributed by atoms with Crippen LogP contribution in [-0.2, 0) is 9.59 Å². The Morgan fingerprint density at radius 3 is 2.81 bits per heavy atom. The molecule has 27 heavy (non-hydrogen) atoms. The van der Waals surface area contributed by atoms with Gasteiger partial charge in [-0.3, -0.25) is 9.59 Å². The molecular formula is C19H21N5O3. The number of aromatic nitrogens is 2. The number of ether oxygens (including phenoxy) is 1. The number of nitrogens with zero attached hydrogens (tertiary/aromatic N) is 3. The van der Waals surface area contributed by atoms with Gasteiger partial charge in [-0.1, -0.05) is 18.2 Å². The Morgan fingerprint density at radius 1 is 1.33 bits per heavy atom. The summed E-state index contributed by atoms with van der Waals surface area (Å²) in [4.78, 5) is 35.0. The summed E-state index contributed by atoms with van der Waals surface area (Å²) in [6.07, 6.45) is 3.79. The summed E-state index contributed by atoms with van der Waals surface area (Å²) in [7, 11) is 0. The molecule has 2 aliphatic heterocycles. The molecule has 0 aliphatic carbocycles. The number of amides is 2. The van der Waals surface area contributed by atoms with Crippen molar-refractivity contribution in [3.05, 3.63) is 48.3 Å². The van der Waals surface area contributed by atoms with Gasteiger partial charge in [0, 0.05) is 37.8 Å². The van der Waals surface area contributed by atoms with Crippen molar-refractivity contribution in [2.45, 2.75) is 25.0 Å². The lowest BCUT2D eigenvalue weighted by atomic mass is 9.73. The molecule has 0 unspecified atom stereocenters. The summed E-state index contributed by atoms with van der Waals surface area (Å²) in [6.45, 7) is 2.64. The van der Waals surface area contributed by atoms with Crippen LogP contribution < -0.4 is 15.8 Å². The Kier molecular flexibility index (Phi) is 4.18. The predicted molar refractivity (Wildman–Crippen MR) is 97.8 cm³/mol. The second-order valence-corrected chi connectivity index (χ2v) is 6.99. The number of carbonyl (C=O) groups excluding carboxylic acids is 2. The molecule has 1 saturated heterocycles. The van der Waals surface area contributed by atoms with Crippen LogP contribution in [0.5, 0.6) is 5.75 Å². The SMILES string of the molecule is C[C@@]12C[C@@H](c3ccccc3O1)[C@@H](C(N)=O)C(=O)N2CCNc1ncccn1. The molecule has 140 valence electrons. The summed E-state index contributed by atoms with van der Waals surface area (Å²) in [5.41, 5.74) is 5.64. The van der Waals surface area contributed by atoms with E-state index in [1.807, 2.05) is 31.2 Å². The van der Waals surface area contributed by atoms with Crippen molar-refractivity contribution in [1.82, 2.24) is 14.9 Å². The molecule has 0 radical (unpaired) electrons. The highest BCUT2D eigenvalue weighted by atomic mass is 16.5. The van der Waals surface area contributed by atoms with Crippen LogP contribution in [0.3, 0.4) is 0 Å². The third-order valence-corrected chi connectivity index (χ3v) is 5.24. The second-order valence-electron chi connectivity index (χ2n) is 6.99. The van der Waals surface area contributed by atoms with Gasteiger partial charge < -0.3 is 20.7 Å². The molecule has 2 amide bonds. The number of hydrogen-bond acceptors (Lipinski definition) is 6. The minimum absolute atomic E-state index is 0.272. The first-order chi connectivity index (χ1) is 13.0. The average molecular weight is 367 g/mol. The number of primary amides is 1. The summed E-state index contributed by atoms with van der Waals surface area (Å²) < 4.78 is 6.20. The largest absolute Gasteiger partial charge is 0.468 e. The number of fused-ring (bicyclic) bond motifs is 4. The van der Waals surface area contributed by atoms with Crippen LogP contribution in [0.1, 0.15) is 24.8 Å². The first-order valence-electron chi connectivity index (χ1n) is 8.89. The van der Waals surface area contributed by atoms with Gasteiger partial charge in [-0.15, -0.1) is 0 Å². The number of anilines is 1. The van der Waals surface area contributed by atoms with Crippen molar-refractivity contribution in [2.24, 2.45) is 11.7 Å². The highest BCUT2D eigenvalue weighted by Gasteiger charge is 2.55. The van der Waals surface area contributed by atoms with Crippen LogP contribution in [-0.4, -0.2) is 45.5 Å². The molecule has 1 fully saturated rings. The Hall–Kier alpha value is -3.16. The Balaban J connectivity index is 1.60. The van der Waals surface area contributed by atoms with E-state index in [4.69, 9.17) is 10.5 Å². The van der Waals surface area contributed by atoms with Crippen LogP contribution in [0.25, 0.3) is 0 Å². The molecule has 2 bridgehead atoms. The molecule has 0 saturated carbocycles. The van der Waals surface area contributed by atoms with Gasteiger partial charge in [-0.25, -0.2) is 9.97 Å². The highest BCUT2D eigenvalue weighted by molar-refractivity contribution is 6.01. The Morgan fingerprint density at radius 2 is 2.07 bits per heavy atom. The van der Waals surface area contributed by atoms with E-state index in [0.29, 0.717) is 31.2 Å². The van der Waals surface area contributed by atoms with Gasteiger partial charge in [0.15, 0.2) is 5.72 Å². The van der Waals surface area contributed by atoms with E-state index >= 15 is 0 Å². The first kappa shape index (κ1) is 17.3. The molecule has 1 aromatic carbocycles. The molecule has 3 atom stereocenters. The maximum absolute atomic E-state index is 13.1. The Labute approximate surface area is 156 Å². The molecule has 4 rings (SSSR count). The number of nitrogens with two attached hydrogens (primary N) is 1. The van der Waals surface area contributed by atoms with Crippen LogP contribution in [0.15, 0.2) is 42.7 Å². The quantitative estimate of drug-likeness (QED) is 0.766. The second kappa shape index (κ2) is 6.53. The van der Waals surface area contributed by atoms with E-state index < -0.39 is 17.6 Å². The molecule has 2 aromatic rings. The van der Waals surface area contributed by atoms with Gasteiger partial charge in [-0.2, -0.15) is 0 Å². The third kappa shape index (κ3) is 2.97. The van der Waals surface area contributed by atoms with Gasteiger partial charge in [-0.05, 0) is 24.6 Å². The topological polar surface area (TPSA) is 110 Å². The number of para-hydroxylation sites is 1. The van der Waals surface area contributed by atoms with Gasteiger partial charge in [0.05, 0.1) is 0 Å². The summed E-state index contributed by atoms with van der Waals surface area (Å²) in [5, 5.41) is 3.08. The van der Waals surface area contributed by atoms with Crippen molar-refractivity contribution in [3.8, 4) is 5.75 Å². The lowest BCUT2D eigenvalue weighted by Gasteiger charge is -2.52. The molecule has 0 spiro atoms. The van der Waals surface area contributed by atoms with Gasteiger partial charge in [0.1, 0.15) is 11.7 Å². The zero-order valence-electron chi connectivity index (χ0n) is 15.0. The van der Waals surface area contributed by atoms with Gasteiger partial charge in [0.25, 0.3) is 0 Å². The van der Waals surface area contributed by atoms with Crippen molar-refractivity contribution < 1.29 is 14.3 Å². The number of rotatable bonds is 5. The van der Waals surface area contributed by atoms with Crippen LogP contribution in [0.2, 0.25) is 0 Å². The number of nitrogens with one attached hydrogen (secondary N) is 1. The Bertz CT molecular complexity index is 875. The van der Waals surface area contributed by atoms with E-state index in [2.05, 4.69) is 15.3 Å². The molecule has 2 aliphatic rings. The molecule has 3 N–H and O–H groups in total. The maximum atomic E-state index is 13.1. The fraction of sp³-hybridized carbons (Fsp3) is 0.368. The number of benzene rings is 1. The van der Waals surface area contributed by atoms with E-state index in [9.17, 15) is 9.59 Å². The van der Waals surface area contributed by atoms with E-state index in [1.54, 1.807) is 23.4 Å². The van der Waals surface area contributed by atoms with Gasteiger partial charge >= 0.3 is 0 Å². The minimum atomic E-state index is -0.892. The smallest absolute Gasteiger partial charge is 0.238 e. The van der Waals surface area contributed by atoms with Crippen LogP contribution in [0.4, 0.5) is 5.95 Å². The number of hydrogen-bond donors (Lipinski definition) is 2. The summed E-state index contributed by atoms with van der Waals surface area (Å²) in [6, 6.07) is 9.24. The van der Waals surface area contributed by atoms with Gasteiger partial charge in [0.2, 0.25) is 17.8 Å². The van der Waals surface area contributed by atoms with Crippen LogP contribution in [0, 0.1) is 5.92 Å². The third-order valence-electron chi connectivity index (χ3n) is 5.24. The molecule has 1 aromatic heterocycles.